The minimum absolute atomic E-state index is 0.144. The second-order valence-corrected chi connectivity index (χ2v) is 6.83. The van der Waals surface area contributed by atoms with Gasteiger partial charge in [-0.2, -0.15) is 0 Å². The summed E-state index contributed by atoms with van der Waals surface area (Å²) in [6.07, 6.45) is 1.64. The Kier molecular flexibility index (Phi) is 8.60. The third-order valence-electron chi connectivity index (χ3n) is 4.13. The van der Waals surface area contributed by atoms with Crippen LogP contribution in [0.25, 0.3) is 0 Å². The lowest BCUT2D eigenvalue weighted by atomic mass is 10.2. The Morgan fingerprint density at radius 1 is 1.29 bits per heavy atom. The summed E-state index contributed by atoms with van der Waals surface area (Å²) in [6.45, 7) is 5.45. The van der Waals surface area contributed by atoms with Crippen molar-refractivity contribution in [3.8, 4) is 5.75 Å². The van der Waals surface area contributed by atoms with Gasteiger partial charge in [0, 0.05) is 33.2 Å². The van der Waals surface area contributed by atoms with Gasteiger partial charge in [0.15, 0.2) is 5.16 Å². The van der Waals surface area contributed by atoms with Crippen molar-refractivity contribution in [1.29, 1.82) is 0 Å². The second-order valence-electron chi connectivity index (χ2n) is 5.89. The van der Waals surface area contributed by atoms with Crippen LogP contribution in [0.2, 0.25) is 0 Å². The molecule has 1 amide bonds. The number of carbonyl (C=O) groups is 2. The van der Waals surface area contributed by atoms with Crippen molar-refractivity contribution >= 4 is 29.8 Å². The number of carboxylic acid groups (broad SMARTS) is 1. The van der Waals surface area contributed by atoms with Gasteiger partial charge in [-0.3, -0.25) is 9.59 Å². The number of nitrogens with zero attached hydrogens (tertiary/aromatic N) is 5. The number of hydrogen-bond donors (Lipinski definition) is 1. The zero-order chi connectivity index (χ0) is 20.4. The molecular formula is C18H25N5O4S. The van der Waals surface area contributed by atoms with E-state index in [-0.39, 0.29) is 12.4 Å². The summed E-state index contributed by atoms with van der Waals surface area (Å²) in [5.74, 6) is 1.44. The molecule has 1 N–H and O–H groups in total. The topological polar surface area (TPSA) is 101 Å². The molecule has 1 aliphatic rings. The summed E-state index contributed by atoms with van der Waals surface area (Å²) in [5.41, 5.74) is 1.10. The first kappa shape index (κ1) is 21.5. The smallest absolute Gasteiger partial charge is 0.290 e. The molecule has 10 heteroatoms. The van der Waals surface area contributed by atoms with E-state index < -0.39 is 0 Å². The van der Waals surface area contributed by atoms with Crippen molar-refractivity contribution in [2.24, 2.45) is 7.05 Å². The number of aryl methyl sites for hydroxylation is 1. The first-order chi connectivity index (χ1) is 13.6. The molecule has 0 saturated carbocycles. The van der Waals surface area contributed by atoms with E-state index in [0.717, 1.165) is 42.8 Å². The Morgan fingerprint density at radius 2 is 1.96 bits per heavy atom. The van der Waals surface area contributed by atoms with Crippen molar-refractivity contribution in [1.82, 2.24) is 19.7 Å². The van der Waals surface area contributed by atoms with E-state index in [1.54, 1.807) is 6.33 Å². The highest BCUT2D eigenvalue weighted by Crippen LogP contribution is 2.29. The SMILES string of the molecule is CCOc1ccccc1N1CCN(C(=O)CSc2nncn2C)CC1.O=CO. The molecule has 0 aliphatic carbocycles. The maximum Gasteiger partial charge on any atom is 0.290 e. The van der Waals surface area contributed by atoms with E-state index in [0.29, 0.717) is 12.4 Å². The van der Waals surface area contributed by atoms with Gasteiger partial charge in [-0.1, -0.05) is 23.9 Å². The average Bonchev–Trinajstić information content (AvgIpc) is 3.12. The van der Waals surface area contributed by atoms with Gasteiger partial charge >= 0.3 is 0 Å². The average molecular weight is 407 g/mol. The van der Waals surface area contributed by atoms with E-state index in [9.17, 15) is 4.79 Å². The van der Waals surface area contributed by atoms with Crippen LogP contribution < -0.4 is 9.64 Å². The number of benzene rings is 1. The van der Waals surface area contributed by atoms with Crippen LogP contribution in [0.4, 0.5) is 5.69 Å². The third-order valence-corrected chi connectivity index (χ3v) is 5.15. The van der Waals surface area contributed by atoms with Crippen LogP contribution in [0.15, 0.2) is 35.7 Å². The maximum absolute atomic E-state index is 12.4. The highest BCUT2D eigenvalue weighted by Gasteiger charge is 2.23. The molecule has 1 aliphatic heterocycles. The van der Waals surface area contributed by atoms with Crippen LogP contribution in [0.3, 0.4) is 0 Å². The predicted octanol–water partition coefficient (Wildman–Crippen LogP) is 1.36. The summed E-state index contributed by atoms with van der Waals surface area (Å²) in [4.78, 5) is 25.0. The fourth-order valence-corrected chi connectivity index (χ4v) is 3.60. The predicted molar refractivity (Wildman–Crippen MR) is 107 cm³/mol. The van der Waals surface area contributed by atoms with Gasteiger partial charge in [-0.05, 0) is 19.1 Å². The molecule has 9 nitrogen and oxygen atoms in total. The molecule has 3 rings (SSSR count). The molecule has 2 heterocycles. The molecular weight excluding hydrogens is 382 g/mol. The summed E-state index contributed by atoms with van der Waals surface area (Å²) >= 11 is 1.43. The lowest BCUT2D eigenvalue weighted by molar-refractivity contribution is -0.128. The lowest BCUT2D eigenvalue weighted by Gasteiger charge is -2.36. The van der Waals surface area contributed by atoms with Crippen molar-refractivity contribution in [3.63, 3.8) is 0 Å². The number of amides is 1. The molecule has 1 saturated heterocycles. The monoisotopic (exact) mass is 407 g/mol. The van der Waals surface area contributed by atoms with Crippen LogP contribution in [-0.4, -0.2) is 75.7 Å². The van der Waals surface area contributed by atoms with Crippen LogP contribution >= 0.6 is 11.8 Å². The maximum atomic E-state index is 12.4. The van der Waals surface area contributed by atoms with E-state index in [1.165, 1.54) is 11.8 Å². The minimum Gasteiger partial charge on any atom is -0.492 e. The van der Waals surface area contributed by atoms with Crippen LogP contribution in [0.5, 0.6) is 5.75 Å². The van der Waals surface area contributed by atoms with Crippen molar-refractivity contribution in [2.75, 3.05) is 43.4 Å². The Morgan fingerprint density at radius 3 is 2.57 bits per heavy atom. The van der Waals surface area contributed by atoms with E-state index in [1.807, 2.05) is 41.6 Å². The molecule has 1 aromatic heterocycles. The van der Waals surface area contributed by atoms with Gasteiger partial charge in [0.05, 0.1) is 18.0 Å². The van der Waals surface area contributed by atoms with E-state index in [4.69, 9.17) is 14.6 Å². The Labute approximate surface area is 168 Å². The van der Waals surface area contributed by atoms with Gasteiger partial charge in [-0.15, -0.1) is 10.2 Å². The fourth-order valence-electron chi connectivity index (χ4n) is 2.81. The Hall–Kier alpha value is -2.75. The number of carbonyl (C=O) groups excluding carboxylic acids is 1. The van der Waals surface area contributed by atoms with Gasteiger partial charge in [-0.25, -0.2) is 0 Å². The number of aromatic nitrogens is 3. The van der Waals surface area contributed by atoms with Crippen molar-refractivity contribution < 1.29 is 19.4 Å². The second kappa shape index (κ2) is 11.2. The molecule has 2 aromatic rings. The lowest BCUT2D eigenvalue weighted by Crippen LogP contribution is -2.49. The fraction of sp³-hybridized carbons (Fsp3) is 0.444. The number of anilines is 1. The number of hydrogen-bond acceptors (Lipinski definition) is 7. The molecule has 0 radical (unpaired) electrons. The molecule has 28 heavy (non-hydrogen) atoms. The molecule has 0 spiro atoms. The summed E-state index contributed by atoms with van der Waals surface area (Å²) < 4.78 is 7.53. The van der Waals surface area contributed by atoms with E-state index in [2.05, 4.69) is 21.2 Å². The molecule has 1 fully saturated rings. The zero-order valence-corrected chi connectivity index (χ0v) is 16.8. The van der Waals surface area contributed by atoms with Gasteiger partial charge in [0.1, 0.15) is 12.1 Å². The summed E-state index contributed by atoms with van der Waals surface area (Å²) in [7, 11) is 1.88. The van der Waals surface area contributed by atoms with Crippen LogP contribution in [-0.2, 0) is 16.6 Å². The quantitative estimate of drug-likeness (QED) is 0.566. The van der Waals surface area contributed by atoms with Crippen molar-refractivity contribution in [2.45, 2.75) is 12.1 Å². The molecule has 0 atom stereocenters. The highest BCUT2D eigenvalue weighted by atomic mass is 32.2. The summed E-state index contributed by atoms with van der Waals surface area (Å²) in [6, 6.07) is 8.07. The number of ether oxygens (including phenoxy) is 1. The number of piperazine rings is 1. The van der Waals surface area contributed by atoms with E-state index >= 15 is 0 Å². The standard InChI is InChI=1S/C17H23N5O2S.CH2O2/c1-3-24-15-7-5-4-6-14(15)21-8-10-22(11-9-21)16(23)12-25-17-19-18-13-20(17)2;2-1-3/h4-7,13H,3,8-12H2,1-2H3;1H,(H,2,3). The molecule has 0 unspecified atom stereocenters. The Bertz CT molecular complexity index is 762. The molecule has 1 aromatic carbocycles. The van der Waals surface area contributed by atoms with Gasteiger partial charge in [0.25, 0.3) is 6.47 Å². The molecule has 0 bridgehead atoms. The third kappa shape index (κ3) is 5.88. The first-order valence-corrected chi connectivity index (χ1v) is 9.88. The first-order valence-electron chi connectivity index (χ1n) is 8.89. The number of rotatable bonds is 6. The van der Waals surface area contributed by atoms with Crippen molar-refractivity contribution in [3.05, 3.63) is 30.6 Å². The largest absolute Gasteiger partial charge is 0.492 e. The van der Waals surface area contributed by atoms with Crippen LogP contribution in [0, 0.1) is 0 Å². The Balaban J connectivity index is 0.000000878. The number of thioether (sulfide) groups is 1. The molecule has 152 valence electrons. The number of para-hydroxylation sites is 2. The normalized spacial score (nSPS) is 13.5. The van der Waals surface area contributed by atoms with Gasteiger partial charge in [0.2, 0.25) is 5.91 Å². The van der Waals surface area contributed by atoms with Crippen LogP contribution in [0.1, 0.15) is 6.92 Å². The van der Waals surface area contributed by atoms with Gasteiger partial charge < -0.3 is 24.2 Å². The zero-order valence-electron chi connectivity index (χ0n) is 16.0. The minimum atomic E-state index is -0.250. The summed E-state index contributed by atoms with van der Waals surface area (Å²) in [5, 5.41) is 15.5. The highest BCUT2D eigenvalue weighted by molar-refractivity contribution is 7.99.